The van der Waals surface area contributed by atoms with Gasteiger partial charge in [0, 0.05) is 5.92 Å². The first-order valence-electron chi connectivity index (χ1n) is 7.48. The molecule has 22 heavy (non-hydrogen) atoms. The summed E-state index contributed by atoms with van der Waals surface area (Å²) < 4.78 is 13.4. The molecule has 1 aliphatic carbocycles. The highest BCUT2D eigenvalue weighted by molar-refractivity contribution is 6.04. The van der Waals surface area contributed by atoms with E-state index in [2.05, 4.69) is 10.6 Å². The minimum absolute atomic E-state index is 0.0400. The number of rotatable bonds is 6. The van der Waals surface area contributed by atoms with Gasteiger partial charge in [0.25, 0.3) is 5.91 Å². The normalized spacial score (nSPS) is 21.1. The zero-order chi connectivity index (χ0) is 16.3. The summed E-state index contributed by atoms with van der Waals surface area (Å²) in [7, 11) is 0. The van der Waals surface area contributed by atoms with Crippen molar-refractivity contribution in [2.24, 2.45) is 11.8 Å². The average molecular weight is 308 g/mol. The van der Waals surface area contributed by atoms with E-state index in [0.717, 1.165) is 12.5 Å². The molecule has 3 N–H and O–H groups in total. The molecule has 0 spiro atoms. The van der Waals surface area contributed by atoms with Crippen LogP contribution in [0.25, 0.3) is 0 Å². The maximum Gasteiger partial charge on any atom is 0.253 e. The summed E-state index contributed by atoms with van der Waals surface area (Å²) in [5, 5.41) is 14.5. The molecule has 2 rings (SSSR count). The zero-order valence-electron chi connectivity index (χ0n) is 12.7. The van der Waals surface area contributed by atoms with E-state index in [1.54, 1.807) is 0 Å². The summed E-state index contributed by atoms with van der Waals surface area (Å²) in [5.41, 5.74) is 0.351. The van der Waals surface area contributed by atoms with E-state index in [4.69, 9.17) is 5.11 Å². The molecule has 5 nitrogen and oxygen atoms in total. The van der Waals surface area contributed by atoms with E-state index >= 15 is 0 Å². The molecule has 0 bridgehead atoms. The van der Waals surface area contributed by atoms with Gasteiger partial charge in [-0.3, -0.25) is 9.59 Å². The Hall–Kier alpha value is -1.95. The fourth-order valence-electron chi connectivity index (χ4n) is 2.27. The monoisotopic (exact) mass is 308 g/mol. The van der Waals surface area contributed by atoms with E-state index in [9.17, 15) is 14.0 Å². The van der Waals surface area contributed by atoms with Gasteiger partial charge in [0.05, 0.1) is 23.9 Å². The van der Waals surface area contributed by atoms with Crippen molar-refractivity contribution in [3.63, 3.8) is 0 Å². The summed E-state index contributed by atoms with van der Waals surface area (Å²) in [4.78, 5) is 24.2. The molecule has 1 aromatic rings. The quantitative estimate of drug-likeness (QED) is 0.751. The van der Waals surface area contributed by atoms with Crippen molar-refractivity contribution in [3.05, 3.63) is 29.6 Å². The van der Waals surface area contributed by atoms with Crippen LogP contribution in [0.4, 0.5) is 10.1 Å². The van der Waals surface area contributed by atoms with Crippen LogP contribution in [-0.2, 0) is 4.79 Å². The molecule has 6 heteroatoms. The maximum absolute atomic E-state index is 13.4. The number of carbonyl (C=O) groups is 2. The Labute approximate surface area is 128 Å². The molecule has 1 aliphatic rings. The Balaban J connectivity index is 2.16. The molecule has 1 aromatic carbocycles. The summed E-state index contributed by atoms with van der Waals surface area (Å²) >= 11 is 0. The van der Waals surface area contributed by atoms with Gasteiger partial charge in [-0.05, 0) is 37.0 Å². The second-order valence-electron chi connectivity index (χ2n) is 5.76. The van der Waals surface area contributed by atoms with Crippen LogP contribution in [0.5, 0.6) is 0 Å². The van der Waals surface area contributed by atoms with Crippen molar-refractivity contribution in [2.45, 2.75) is 32.7 Å². The highest BCUT2D eigenvalue weighted by Gasteiger charge is 2.39. The number of amides is 2. The molecule has 2 amide bonds. The van der Waals surface area contributed by atoms with Gasteiger partial charge >= 0.3 is 0 Å². The van der Waals surface area contributed by atoms with E-state index < -0.39 is 17.8 Å². The molecule has 0 radical (unpaired) electrons. The molecule has 0 saturated heterocycles. The predicted molar refractivity (Wildman–Crippen MR) is 80.9 cm³/mol. The standard InChI is InChI=1S/C16H21FN2O3/c1-3-11(8-20)18-16(22)13-7-10(17)4-5-14(13)19-15(21)12-6-9(12)2/h4-5,7,9,11-12,20H,3,6,8H2,1-2H3,(H,18,22)(H,19,21). The average Bonchev–Trinajstić information content (AvgIpc) is 3.23. The largest absolute Gasteiger partial charge is 0.394 e. The first-order valence-corrected chi connectivity index (χ1v) is 7.48. The van der Waals surface area contributed by atoms with Gasteiger partial charge in [0.2, 0.25) is 5.91 Å². The Morgan fingerprint density at radius 3 is 2.68 bits per heavy atom. The predicted octanol–water partition coefficient (Wildman–Crippen LogP) is 1.92. The van der Waals surface area contributed by atoms with Gasteiger partial charge < -0.3 is 15.7 Å². The van der Waals surface area contributed by atoms with Gasteiger partial charge in [-0.1, -0.05) is 13.8 Å². The second kappa shape index (κ2) is 6.87. The lowest BCUT2D eigenvalue weighted by Crippen LogP contribution is -2.37. The Morgan fingerprint density at radius 2 is 2.14 bits per heavy atom. The van der Waals surface area contributed by atoms with Crippen LogP contribution in [0.3, 0.4) is 0 Å². The molecule has 120 valence electrons. The van der Waals surface area contributed by atoms with Gasteiger partial charge in [-0.25, -0.2) is 4.39 Å². The molecular weight excluding hydrogens is 287 g/mol. The van der Waals surface area contributed by atoms with Crippen molar-refractivity contribution >= 4 is 17.5 Å². The molecule has 3 unspecified atom stereocenters. The third-order valence-corrected chi connectivity index (χ3v) is 3.98. The number of benzene rings is 1. The molecule has 0 aliphatic heterocycles. The van der Waals surface area contributed by atoms with E-state index in [1.807, 2.05) is 13.8 Å². The minimum Gasteiger partial charge on any atom is -0.394 e. The Kier molecular flexibility index (Phi) is 5.13. The minimum atomic E-state index is -0.556. The molecule has 1 fully saturated rings. The second-order valence-corrected chi connectivity index (χ2v) is 5.76. The van der Waals surface area contributed by atoms with Crippen LogP contribution < -0.4 is 10.6 Å². The van der Waals surface area contributed by atoms with Gasteiger partial charge in [-0.15, -0.1) is 0 Å². The van der Waals surface area contributed by atoms with Crippen LogP contribution in [0.2, 0.25) is 0 Å². The number of aliphatic hydroxyl groups excluding tert-OH is 1. The maximum atomic E-state index is 13.4. The topological polar surface area (TPSA) is 78.4 Å². The number of aliphatic hydroxyl groups is 1. The molecule has 1 saturated carbocycles. The highest BCUT2D eigenvalue weighted by atomic mass is 19.1. The van der Waals surface area contributed by atoms with E-state index in [1.165, 1.54) is 12.1 Å². The highest BCUT2D eigenvalue weighted by Crippen LogP contribution is 2.38. The van der Waals surface area contributed by atoms with Crippen LogP contribution in [0.1, 0.15) is 37.0 Å². The van der Waals surface area contributed by atoms with Crippen molar-refractivity contribution in [1.82, 2.24) is 5.32 Å². The number of hydrogen-bond acceptors (Lipinski definition) is 3. The van der Waals surface area contributed by atoms with E-state index in [0.29, 0.717) is 12.3 Å². The molecule has 0 heterocycles. The van der Waals surface area contributed by atoms with Crippen LogP contribution in [0, 0.1) is 17.7 Å². The Bertz CT molecular complexity index is 573. The lowest BCUT2D eigenvalue weighted by atomic mass is 10.1. The zero-order valence-corrected chi connectivity index (χ0v) is 12.7. The third-order valence-electron chi connectivity index (χ3n) is 3.98. The fraction of sp³-hybridized carbons (Fsp3) is 0.500. The summed E-state index contributed by atoms with van der Waals surface area (Å²) in [6.45, 7) is 3.61. The number of carbonyl (C=O) groups excluding carboxylic acids is 2. The molecule has 3 atom stereocenters. The first kappa shape index (κ1) is 16.4. The van der Waals surface area contributed by atoms with Crippen molar-refractivity contribution in [3.8, 4) is 0 Å². The summed E-state index contributed by atoms with van der Waals surface area (Å²) in [5.74, 6) is -0.916. The van der Waals surface area contributed by atoms with Crippen LogP contribution in [0.15, 0.2) is 18.2 Å². The van der Waals surface area contributed by atoms with Gasteiger partial charge in [-0.2, -0.15) is 0 Å². The Morgan fingerprint density at radius 1 is 1.45 bits per heavy atom. The lowest BCUT2D eigenvalue weighted by molar-refractivity contribution is -0.117. The van der Waals surface area contributed by atoms with Crippen molar-refractivity contribution in [2.75, 3.05) is 11.9 Å². The van der Waals surface area contributed by atoms with Crippen molar-refractivity contribution < 1.29 is 19.1 Å². The molecule has 0 aromatic heterocycles. The SMILES string of the molecule is CCC(CO)NC(=O)c1cc(F)ccc1NC(=O)C1CC1C. The van der Waals surface area contributed by atoms with E-state index in [-0.39, 0.29) is 29.7 Å². The smallest absolute Gasteiger partial charge is 0.253 e. The number of nitrogens with one attached hydrogen (secondary N) is 2. The summed E-state index contributed by atoms with van der Waals surface area (Å²) in [6, 6.07) is 3.27. The number of hydrogen-bond donors (Lipinski definition) is 3. The first-order chi connectivity index (χ1) is 10.5. The molecular formula is C16H21FN2O3. The number of halogens is 1. The van der Waals surface area contributed by atoms with Crippen LogP contribution >= 0.6 is 0 Å². The van der Waals surface area contributed by atoms with Crippen molar-refractivity contribution in [1.29, 1.82) is 0 Å². The summed E-state index contributed by atoms with van der Waals surface area (Å²) in [6.07, 6.45) is 1.38. The van der Waals surface area contributed by atoms with Gasteiger partial charge in [0.15, 0.2) is 0 Å². The lowest BCUT2D eigenvalue weighted by Gasteiger charge is -2.16. The number of anilines is 1. The fourth-order valence-corrected chi connectivity index (χ4v) is 2.27. The van der Waals surface area contributed by atoms with Crippen LogP contribution in [-0.4, -0.2) is 29.6 Å². The third kappa shape index (κ3) is 3.82. The van der Waals surface area contributed by atoms with Gasteiger partial charge in [0.1, 0.15) is 5.82 Å².